The summed E-state index contributed by atoms with van der Waals surface area (Å²) in [5, 5.41) is 0. The smallest absolute Gasteiger partial charge is 0.317 e. The Morgan fingerprint density at radius 3 is 2.70 bits per heavy atom. The molecule has 27 heavy (non-hydrogen) atoms. The van der Waals surface area contributed by atoms with Crippen LogP contribution in [0.4, 0.5) is 0 Å². The van der Waals surface area contributed by atoms with E-state index >= 15 is 0 Å². The van der Waals surface area contributed by atoms with Gasteiger partial charge >= 0.3 is 5.97 Å². The lowest BCUT2D eigenvalue weighted by atomic mass is 9.55. The van der Waals surface area contributed by atoms with E-state index in [4.69, 9.17) is 23.7 Å². The summed E-state index contributed by atoms with van der Waals surface area (Å²) in [6, 6.07) is 0. The summed E-state index contributed by atoms with van der Waals surface area (Å²) in [5.74, 6) is -1.81. The number of cyclic esters (lactones) is 1. The standard InChI is InChI=1S/C19H18O8/c1-10(12-6-24-3-4-26-12)17-8-27-16(22)19(17)9-25-7-18(19)13(20)5-11(23-2)14(17)15(18)21/h5-6,14H,1,3-4,7-9H2,2H3. The number of esters is 1. The number of methoxy groups -OCH3 is 1. The van der Waals surface area contributed by atoms with Crippen molar-refractivity contribution in [2.75, 3.05) is 40.1 Å². The molecule has 2 aliphatic carbocycles. The van der Waals surface area contributed by atoms with Crippen molar-refractivity contribution >= 4 is 17.5 Å². The number of rotatable bonds is 3. The number of carbonyl (C=O) groups excluding carboxylic acids is 3. The van der Waals surface area contributed by atoms with Gasteiger partial charge in [0.1, 0.15) is 42.7 Å². The van der Waals surface area contributed by atoms with Crippen molar-refractivity contribution in [3.05, 3.63) is 36.0 Å². The average molecular weight is 374 g/mol. The van der Waals surface area contributed by atoms with Gasteiger partial charge in [0.15, 0.2) is 17.3 Å². The van der Waals surface area contributed by atoms with Crippen LogP contribution in [-0.4, -0.2) is 57.7 Å². The predicted octanol–water partition coefficient (Wildman–Crippen LogP) is 0.289. The molecule has 0 aromatic heterocycles. The third kappa shape index (κ3) is 1.47. The van der Waals surface area contributed by atoms with E-state index < -0.39 is 33.9 Å². The molecule has 2 saturated heterocycles. The highest BCUT2D eigenvalue weighted by Crippen LogP contribution is 2.75. The fourth-order valence-electron chi connectivity index (χ4n) is 5.59. The molecule has 8 heteroatoms. The molecule has 0 amide bonds. The molecular weight excluding hydrogens is 356 g/mol. The lowest BCUT2D eigenvalue weighted by Crippen LogP contribution is -2.54. The molecule has 3 heterocycles. The number of carbonyl (C=O) groups is 3. The topological polar surface area (TPSA) is 97.4 Å². The van der Waals surface area contributed by atoms with Gasteiger partial charge in [-0.25, -0.2) is 0 Å². The van der Waals surface area contributed by atoms with Crippen LogP contribution in [0.2, 0.25) is 0 Å². The molecule has 5 rings (SSSR count). The highest BCUT2D eigenvalue weighted by molar-refractivity contribution is 6.23. The van der Waals surface area contributed by atoms with Crippen LogP contribution in [-0.2, 0) is 38.1 Å². The second-order valence-corrected chi connectivity index (χ2v) is 7.44. The predicted molar refractivity (Wildman–Crippen MR) is 86.8 cm³/mol. The average Bonchev–Trinajstić information content (AvgIpc) is 3.26. The quantitative estimate of drug-likeness (QED) is 0.514. The van der Waals surface area contributed by atoms with Crippen LogP contribution in [0, 0.1) is 22.2 Å². The second kappa shape index (κ2) is 5.01. The molecule has 4 atom stereocenters. The first-order chi connectivity index (χ1) is 13.0. The summed E-state index contributed by atoms with van der Waals surface area (Å²) in [5.41, 5.74) is -3.96. The number of allylic oxidation sites excluding steroid dienone is 3. The largest absolute Gasteiger partial charge is 0.500 e. The molecule has 0 aromatic carbocycles. The van der Waals surface area contributed by atoms with E-state index in [0.29, 0.717) is 24.5 Å². The number of Topliss-reactive ketones (excluding diaryl/α,β-unsaturated/α-hetero) is 1. The van der Waals surface area contributed by atoms with Crippen molar-refractivity contribution in [1.82, 2.24) is 0 Å². The fraction of sp³-hybridized carbons (Fsp3) is 0.526. The number of hydrogen-bond donors (Lipinski definition) is 0. The van der Waals surface area contributed by atoms with Crippen molar-refractivity contribution in [3.8, 4) is 0 Å². The van der Waals surface area contributed by atoms with Crippen molar-refractivity contribution in [2.45, 2.75) is 0 Å². The van der Waals surface area contributed by atoms with Crippen LogP contribution in [0.1, 0.15) is 0 Å². The normalized spacial score (nSPS) is 41.7. The summed E-state index contributed by atoms with van der Waals surface area (Å²) in [7, 11) is 1.40. The molecule has 1 saturated carbocycles. The maximum atomic E-state index is 13.6. The van der Waals surface area contributed by atoms with Gasteiger partial charge in [-0.3, -0.25) is 14.4 Å². The zero-order valence-corrected chi connectivity index (χ0v) is 14.7. The minimum atomic E-state index is -1.62. The molecule has 142 valence electrons. The molecule has 0 aromatic rings. The highest BCUT2D eigenvalue weighted by Gasteiger charge is 2.89. The van der Waals surface area contributed by atoms with E-state index in [1.807, 2.05) is 0 Å². The zero-order chi connectivity index (χ0) is 19.0. The molecule has 3 aliphatic heterocycles. The molecule has 3 fully saturated rings. The molecule has 8 nitrogen and oxygen atoms in total. The van der Waals surface area contributed by atoms with Crippen LogP contribution >= 0.6 is 0 Å². The van der Waals surface area contributed by atoms with Gasteiger partial charge in [0.05, 0.1) is 31.7 Å². The second-order valence-electron chi connectivity index (χ2n) is 7.44. The van der Waals surface area contributed by atoms with Crippen LogP contribution in [0.25, 0.3) is 0 Å². The summed E-state index contributed by atoms with van der Waals surface area (Å²) in [6.45, 7) is 4.50. The van der Waals surface area contributed by atoms with Crippen molar-refractivity contribution in [3.63, 3.8) is 0 Å². The SMILES string of the molecule is C=C(C1=COCCO1)C12COC(=O)C13COCC31C(=O)C=C(OC)C2C1=O. The Kier molecular flexibility index (Phi) is 3.07. The van der Waals surface area contributed by atoms with Crippen molar-refractivity contribution in [2.24, 2.45) is 22.2 Å². The van der Waals surface area contributed by atoms with Crippen LogP contribution in [0.5, 0.6) is 0 Å². The van der Waals surface area contributed by atoms with Gasteiger partial charge in [-0.2, -0.15) is 0 Å². The van der Waals surface area contributed by atoms with Crippen molar-refractivity contribution < 1.29 is 38.1 Å². The first-order valence-corrected chi connectivity index (χ1v) is 8.71. The van der Waals surface area contributed by atoms with E-state index in [0.717, 1.165) is 0 Å². The molecule has 2 spiro atoms. The number of hydrogen-bond acceptors (Lipinski definition) is 8. The lowest BCUT2D eigenvalue weighted by Gasteiger charge is -2.40. The van der Waals surface area contributed by atoms with Gasteiger partial charge in [-0.1, -0.05) is 6.58 Å². The third-order valence-corrected chi connectivity index (χ3v) is 6.78. The summed E-state index contributed by atoms with van der Waals surface area (Å²) in [6.07, 6.45) is 2.74. The number of fused-ring (bicyclic) bond motifs is 2. The van der Waals surface area contributed by atoms with Gasteiger partial charge in [0.25, 0.3) is 0 Å². The number of ketones is 2. The molecular formula is C19H18O8. The van der Waals surface area contributed by atoms with E-state index in [1.54, 1.807) is 0 Å². The molecule has 5 aliphatic rings. The molecule has 4 unspecified atom stereocenters. The summed E-state index contributed by atoms with van der Waals surface area (Å²) < 4.78 is 27.5. The Hall–Kier alpha value is -2.61. The number of ether oxygens (including phenoxy) is 5. The monoisotopic (exact) mass is 374 g/mol. The maximum absolute atomic E-state index is 13.6. The van der Waals surface area contributed by atoms with E-state index in [2.05, 4.69) is 6.58 Å². The van der Waals surface area contributed by atoms with Crippen molar-refractivity contribution in [1.29, 1.82) is 0 Å². The van der Waals surface area contributed by atoms with E-state index in [1.165, 1.54) is 19.4 Å². The van der Waals surface area contributed by atoms with Crippen LogP contribution in [0.3, 0.4) is 0 Å². The fourth-order valence-corrected chi connectivity index (χ4v) is 5.59. The van der Waals surface area contributed by atoms with E-state index in [9.17, 15) is 14.4 Å². The Morgan fingerprint density at radius 1 is 1.19 bits per heavy atom. The first-order valence-electron chi connectivity index (χ1n) is 8.71. The third-order valence-electron chi connectivity index (χ3n) is 6.78. The lowest BCUT2D eigenvalue weighted by molar-refractivity contribution is -0.157. The Morgan fingerprint density at radius 2 is 2.00 bits per heavy atom. The van der Waals surface area contributed by atoms with Gasteiger partial charge in [-0.05, 0) is 0 Å². The minimum absolute atomic E-state index is 0.0994. The van der Waals surface area contributed by atoms with Gasteiger partial charge < -0.3 is 23.7 Å². The van der Waals surface area contributed by atoms with Gasteiger partial charge in [0, 0.05) is 11.6 Å². The van der Waals surface area contributed by atoms with Crippen LogP contribution in [0.15, 0.2) is 36.0 Å². The van der Waals surface area contributed by atoms with Gasteiger partial charge in [-0.15, -0.1) is 0 Å². The highest BCUT2D eigenvalue weighted by atomic mass is 16.6. The molecule has 2 bridgehead atoms. The summed E-state index contributed by atoms with van der Waals surface area (Å²) >= 11 is 0. The Balaban J connectivity index is 1.81. The van der Waals surface area contributed by atoms with Gasteiger partial charge in [0.2, 0.25) is 0 Å². The minimum Gasteiger partial charge on any atom is -0.500 e. The maximum Gasteiger partial charge on any atom is 0.317 e. The zero-order valence-electron chi connectivity index (χ0n) is 14.7. The van der Waals surface area contributed by atoms with E-state index in [-0.39, 0.29) is 31.4 Å². The Labute approximate surface area is 154 Å². The van der Waals surface area contributed by atoms with Crippen LogP contribution < -0.4 is 0 Å². The summed E-state index contributed by atoms with van der Waals surface area (Å²) in [4.78, 5) is 39.7. The molecule has 0 N–H and O–H groups in total. The first kappa shape index (κ1) is 16.6. The Bertz CT molecular complexity index is 869. The molecule has 0 radical (unpaired) electrons.